The molecule has 0 aliphatic heterocycles. The van der Waals surface area contributed by atoms with E-state index < -0.39 is 10.0 Å². The van der Waals surface area contributed by atoms with Gasteiger partial charge in [-0.3, -0.25) is 0 Å². The third kappa shape index (κ3) is 1.84. The Morgan fingerprint density at radius 2 is 1.75 bits per heavy atom. The van der Waals surface area contributed by atoms with E-state index in [9.17, 15) is 8.42 Å². The number of halogens is 1. The van der Waals surface area contributed by atoms with Crippen LogP contribution in [-0.4, -0.2) is 11.9 Å². The van der Waals surface area contributed by atoms with Crippen molar-refractivity contribution in [2.45, 2.75) is 4.90 Å². The molecule has 0 bridgehead atoms. The number of sulfonamides is 1. The van der Waals surface area contributed by atoms with Crippen LogP contribution in [0, 0.1) is 0 Å². The van der Waals surface area contributed by atoms with Crippen LogP contribution < -0.4 is 5.84 Å². The molecule has 1 aromatic rings. The third-order valence-corrected chi connectivity index (χ3v) is 3.74. The zero-order valence-corrected chi connectivity index (χ0v) is 8.42. The van der Waals surface area contributed by atoms with Crippen LogP contribution in [-0.2, 0) is 10.0 Å². The van der Waals surface area contributed by atoms with Crippen molar-refractivity contribution < 1.29 is 8.42 Å². The molecule has 1 aromatic carbocycles. The smallest absolute Gasteiger partial charge is 0.244 e. The number of benzene rings is 1. The highest BCUT2D eigenvalue weighted by atomic mass is 79.9. The number of hydrogen-bond donors (Lipinski definition) is 1. The van der Waals surface area contributed by atoms with E-state index in [2.05, 4.69) is 16.1 Å². The van der Waals surface area contributed by atoms with Crippen molar-refractivity contribution >= 4 is 26.2 Å². The molecule has 12 heavy (non-hydrogen) atoms. The fourth-order valence-corrected chi connectivity index (χ4v) is 1.90. The summed E-state index contributed by atoms with van der Waals surface area (Å²) >= 11 is 2.66. The van der Waals surface area contributed by atoms with Gasteiger partial charge in [0.1, 0.15) is 0 Å². The highest BCUT2D eigenvalue weighted by Crippen LogP contribution is 2.13. The molecule has 0 radical (unpaired) electrons. The first-order valence-corrected chi connectivity index (χ1v) is 5.21. The Labute approximate surface area is 79.3 Å². The van der Waals surface area contributed by atoms with Crippen LogP contribution in [0.25, 0.3) is 0 Å². The summed E-state index contributed by atoms with van der Waals surface area (Å²) in [5.41, 5.74) is 0. The Bertz CT molecular complexity index is 349. The Morgan fingerprint density at radius 3 is 2.17 bits per heavy atom. The normalized spacial score (nSPS) is 11.9. The van der Waals surface area contributed by atoms with Crippen molar-refractivity contribution in [1.29, 1.82) is 0 Å². The molecule has 1 rings (SSSR count). The summed E-state index contributed by atoms with van der Waals surface area (Å²) in [7, 11) is -3.55. The van der Waals surface area contributed by atoms with Crippen LogP contribution in [0.2, 0.25) is 0 Å². The van der Waals surface area contributed by atoms with E-state index in [0.29, 0.717) is 3.44 Å². The summed E-state index contributed by atoms with van der Waals surface area (Å²) in [5.74, 6) is 5.06. The van der Waals surface area contributed by atoms with Crippen LogP contribution in [0.3, 0.4) is 0 Å². The molecule has 0 heterocycles. The second-order valence-electron chi connectivity index (χ2n) is 2.06. The van der Waals surface area contributed by atoms with Gasteiger partial charge in [0, 0.05) is 16.1 Å². The largest absolute Gasteiger partial charge is 0.265 e. The van der Waals surface area contributed by atoms with E-state index in [-0.39, 0.29) is 4.90 Å². The van der Waals surface area contributed by atoms with Crippen molar-refractivity contribution in [2.24, 2.45) is 5.84 Å². The molecule has 0 atom stereocenters. The fourth-order valence-electron chi connectivity index (χ4n) is 0.693. The highest BCUT2D eigenvalue weighted by Gasteiger charge is 2.17. The van der Waals surface area contributed by atoms with Gasteiger partial charge in [-0.15, -0.1) is 0 Å². The maximum Gasteiger partial charge on any atom is 0.265 e. The zero-order chi connectivity index (χ0) is 9.19. The predicted octanol–water partition coefficient (Wildman–Crippen LogP) is 0.861. The van der Waals surface area contributed by atoms with Gasteiger partial charge in [0.25, 0.3) is 10.0 Å². The molecule has 0 aliphatic rings. The number of rotatable bonds is 2. The topological polar surface area (TPSA) is 63.4 Å². The molecule has 0 saturated carbocycles. The van der Waals surface area contributed by atoms with Gasteiger partial charge in [-0.2, -0.15) is 0 Å². The summed E-state index contributed by atoms with van der Waals surface area (Å²) in [6, 6.07) is 7.92. The molecule has 0 unspecified atom stereocenters. The summed E-state index contributed by atoms with van der Waals surface area (Å²) in [5, 5.41) is 0. The second-order valence-corrected chi connectivity index (χ2v) is 5.11. The van der Waals surface area contributed by atoms with Crippen LogP contribution in [0.15, 0.2) is 35.2 Å². The molecule has 0 saturated heterocycles. The first-order chi connectivity index (χ1) is 5.55. The number of nitrogens with two attached hydrogens (primary N) is 1. The van der Waals surface area contributed by atoms with Crippen LogP contribution >= 0.6 is 16.1 Å². The zero-order valence-electron chi connectivity index (χ0n) is 6.01. The minimum absolute atomic E-state index is 0.157. The monoisotopic (exact) mass is 250 g/mol. The lowest BCUT2D eigenvalue weighted by atomic mass is 10.4. The SMILES string of the molecule is NN(Br)S(=O)(=O)c1ccccc1. The van der Waals surface area contributed by atoms with E-state index >= 15 is 0 Å². The Hall–Kier alpha value is -0.430. The van der Waals surface area contributed by atoms with Crippen molar-refractivity contribution in [3.8, 4) is 0 Å². The predicted molar refractivity (Wildman–Crippen MR) is 48.6 cm³/mol. The molecule has 0 aromatic heterocycles. The summed E-state index contributed by atoms with van der Waals surface area (Å²) in [6.07, 6.45) is 0. The number of hydrazine groups is 1. The lowest BCUT2D eigenvalue weighted by Crippen LogP contribution is -2.27. The minimum atomic E-state index is -3.55. The molecular formula is C6H7BrN2O2S. The van der Waals surface area contributed by atoms with E-state index in [1.165, 1.54) is 12.1 Å². The first-order valence-electron chi connectivity index (χ1n) is 3.06. The Balaban J connectivity index is 3.17. The highest BCUT2D eigenvalue weighted by molar-refractivity contribution is 9.08. The summed E-state index contributed by atoms with van der Waals surface area (Å²) in [4.78, 5) is 0.157. The second kappa shape index (κ2) is 3.53. The van der Waals surface area contributed by atoms with Crippen molar-refractivity contribution in [1.82, 2.24) is 3.44 Å². The van der Waals surface area contributed by atoms with Crippen LogP contribution in [0.4, 0.5) is 0 Å². The lowest BCUT2D eigenvalue weighted by molar-refractivity contribution is 0.555. The quantitative estimate of drug-likeness (QED) is 0.481. The van der Waals surface area contributed by atoms with E-state index in [4.69, 9.17) is 5.84 Å². The molecule has 0 fully saturated rings. The fraction of sp³-hybridized carbons (Fsp3) is 0. The van der Waals surface area contributed by atoms with E-state index in [1.54, 1.807) is 18.2 Å². The van der Waals surface area contributed by atoms with Gasteiger partial charge in [0.05, 0.1) is 4.90 Å². The maximum absolute atomic E-state index is 11.3. The summed E-state index contributed by atoms with van der Waals surface area (Å²) in [6.45, 7) is 0. The molecule has 2 N–H and O–H groups in total. The first kappa shape index (κ1) is 9.66. The van der Waals surface area contributed by atoms with Crippen molar-refractivity contribution in [3.05, 3.63) is 30.3 Å². The average molecular weight is 251 g/mol. The number of nitrogens with zero attached hydrogens (tertiary/aromatic N) is 1. The van der Waals surface area contributed by atoms with Gasteiger partial charge >= 0.3 is 0 Å². The standard InChI is InChI=1S/C6H7BrN2O2S/c7-9(8)12(10,11)6-4-2-1-3-5-6/h1-5H,8H2. The molecule has 6 heteroatoms. The third-order valence-electron chi connectivity index (χ3n) is 1.27. The minimum Gasteiger partial charge on any atom is -0.244 e. The van der Waals surface area contributed by atoms with Crippen molar-refractivity contribution in [3.63, 3.8) is 0 Å². The van der Waals surface area contributed by atoms with Crippen molar-refractivity contribution in [2.75, 3.05) is 0 Å². The van der Waals surface area contributed by atoms with Gasteiger partial charge in [0.2, 0.25) is 0 Å². The number of hydrogen-bond acceptors (Lipinski definition) is 3. The molecule has 4 nitrogen and oxygen atoms in total. The summed E-state index contributed by atoms with van der Waals surface area (Å²) < 4.78 is 23.1. The maximum atomic E-state index is 11.3. The Morgan fingerprint density at radius 1 is 1.25 bits per heavy atom. The van der Waals surface area contributed by atoms with Gasteiger partial charge in [-0.25, -0.2) is 14.3 Å². The molecule has 0 aliphatic carbocycles. The van der Waals surface area contributed by atoms with E-state index in [0.717, 1.165) is 0 Å². The molecule has 0 amide bonds. The Kier molecular flexibility index (Phi) is 2.84. The molecule has 66 valence electrons. The van der Waals surface area contributed by atoms with Gasteiger partial charge in [0.15, 0.2) is 0 Å². The van der Waals surface area contributed by atoms with Gasteiger partial charge < -0.3 is 0 Å². The average Bonchev–Trinajstić information content (AvgIpc) is 2.06. The lowest BCUT2D eigenvalue weighted by Gasteiger charge is -2.07. The van der Waals surface area contributed by atoms with E-state index in [1.807, 2.05) is 0 Å². The van der Waals surface area contributed by atoms with Gasteiger partial charge in [-0.05, 0) is 12.1 Å². The molecular weight excluding hydrogens is 244 g/mol. The van der Waals surface area contributed by atoms with Gasteiger partial charge in [-0.1, -0.05) is 21.6 Å². The van der Waals surface area contributed by atoms with Crippen LogP contribution in [0.5, 0.6) is 0 Å². The molecule has 0 spiro atoms. The van der Waals surface area contributed by atoms with Crippen LogP contribution in [0.1, 0.15) is 0 Å².